The summed E-state index contributed by atoms with van der Waals surface area (Å²) < 4.78 is 6.04. The highest BCUT2D eigenvalue weighted by Crippen LogP contribution is 2.34. The number of hydrogen-bond acceptors (Lipinski definition) is 7. The van der Waals surface area contributed by atoms with Gasteiger partial charge in [0.05, 0.1) is 36.3 Å². The van der Waals surface area contributed by atoms with Crippen molar-refractivity contribution in [2.75, 3.05) is 6.54 Å². The summed E-state index contributed by atoms with van der Waals surface area (Å²) >= 11 is 0. The van der Waals surface area contributed by atoms with Gasteiger partial charge in [-0.3, -0.25) is 25.5 Å². The predicted octanol–water partition coefficient (Wildman–Crippen LogP) is -1.05. The van der Waals surface area contributed by atoms with Gasteiger partial charge in [-0.05, 0) is 25.2 Å². The van der Waals surface area contributed by atoms with Crippen molar-refractivity contribution in [2.24, 2.45) is 23.5 Å². The Bertz CT molecular complexity index is 524. The molecule has 3 saturated heterocycles. The molecule has 24 heavy (non-hydrogen) atoms. The second kappa shape index (κ2) is 6.34. The van der Waals surface area contributed by atoms with Gasteiger partial charge in [-0.15, -0.1) is 0 Å². The maximum atomic E-state index is 13.0. The lowest BCUT2D eigenvalue weighted by Gasteiger charge is -2.49. The lowest BCUT2D eigenvalue weighted by Crippen LogP contribution is -2.73. The van der Waals surface area contributed by atoms with E-state index in [9.17, 15) is 14.7 Å². The molecule has 7 atom stereocenters. The first-order chi connectivity index (χ1) is 11.5. The smallest absolute Gasteiger partial charge is 0.309 e. The van der Waals surface area contributed by atoms with Crippen LogP contribution >= 0.6 is 0 Å². The Morgan fingerprint density at radius 1 is 1.25 bits per heavy atom. The lowest BCUT2D eigenvalue weighted by atomic mass is 9.78. The van der Waals surface area contributed by atoms with Crippen LogP contribution in [0.15, 0.2) is 0 Å². The van der Waals surface area contributed by atoms with Crippen molar-refractivity contribution in [1.82, 2.24) is 16.0 Å². The molecule has 0 amide bonds. The predicted molar refractivity (Wildman–Crippen MR) is 84.7 cm³/mol. The number of piperidine rings is 1. The van der Waals surface area contributed by atoms with Gasteiger partial charge in [-0.2, -0.15) is 0 Å². The number of fused-ring (bicyclic) bond motifs is 2. The van der Waals surface area contributed by atoms with Gasteiger partial charge in [0.1, 0.15) is 6.23 Å². The molecule has 0 aromatic carbocycles. The van der Waals surface area contributed by atoms with Crippen molar-refractivity contribution in [3.63, 3.8) is 0 Å². The number of ether oxygens (including phenoxy) is 1. The van der Waals surface area contributed by atoms with E-state index in [1.165, 1.54) is 25.7 Å². The number of nitrogens with two attached hydrogens (primary N) is 1. The summed E-state index contributed by atoms with van der Waals surface area (Å²) in [6, 6.07) is -0.358. The molecule has 8 nitrogen and oxygen atoms in total. The molecular weight excluding hydrogens is 312 g/mol. The fourth-order valence-electron chi connectivity index (χ4n) is 4.74. The molecule has 0 radical (unpaired) electrons. The first kappa shape index (κ1) is 16.4. The zero-order valence-corrected chi connectivity index (χ0v) is 13.6. The van der Waals surface area contributed by atoms with Gasteiger partial charge in [-0.1, -0.05) is 12.8 Å². The number of carbonyl (C=O) groups is 2. The molecule has 134 valence electrons. The van der Waals surface area contributed by atoms with Crippen molar-refractivity contribution in [3.8, 4) is 0 Å². The molecule has 8 heteroatoms. The molecule has 4 aliphatic rings. The van der Waals surface area contributed by atoms with Crippen LogP contribution in [0.1, 0.15) is 32.1 Å². The first-order valence-electron chi connectivity index (χ1n) is 8.97. The molecule has 6 N–H and O–H groups in total. The highest BCUT2D eigenvalue weighted by molar-refractivity contribution is 5.89. The summed E-state index contributed by atoms with van der Waals surface area (Å²) in [6.07, 6.45) is 3.82. The van der Waals surface area contributed by atoms with E-state index in [1.807, 2.05) is 0 Å². The number of nitrogens with one attached hydrogen (secondary N) is 3. The van der Waals surface area contributed by atoms with Crippen LogP contribution < -0.4 is 21.7 Å². The van der Waals surface area contributed by atoms with E-state index in [4.69, 9.17) is 10.5 Å². The number of rotatable bonds is 2. The quantitative estimate of drug-likeness (QED) is 0.432. The van der Waals surface area contributed by atoms with E-state index in [1.54, 1.807) is 0 Å². The molecular formula is C16H26N4O4. The molecule has 4 fully saturated rings. The van der Waals surface area contributed by atoms with E-state index in [0.717, 1.165) is 0 Å². The van der Waals surface area contributed by atoms with Crippen LogP contribution in [0.2, 0.25) is 0 Å². The zero-order valence-electron chi connectivity index (χ0n) is 13.6. The minimum absolute atomic E-state index is 0.0615. The lowest BCUT2D eigenvalue weighted by molar-refractivity contribution is -0.175. The van der Waals surface area contributed by atoms with Crippen molar-refractivity contribution in [3.05, 3.63) is 0 Å². The maximum Gasteiger partial charge on any atom is 0.309 e. The van der Waals surface area contributed by atoms with Gasteiger partial charge in [0.2, 0.25) is 0 Å². The van der Waals surface area contributed by atoms with Gasteiger partial charge >= 0.3 is 5.97 Å². The minimum atomic E-state index is -0.967. The van der Waals surface area contributed by atoms with Crippen molar-refractivity contribution in [2.45, 2.75) is 62.8 Å². The summed E-state index contributed by atoms with van der Waals surface area (Å²) in [6.45, 7) is 0.632. The number of hydrogen-bond donors (Lipinski definition) is 5. The molecule has 0 spiro atoms. The Kier molecular flexibility index (Phi) is 4.34. The largest absolute Gasteiger partial charge is 0.481 e. The Hall–Kier alpha value is -1.06. The normalized spacial score (nSPS) is 46.4. The van der Waals surface area contributed by atoms with Gasteiger partial charge in [-0.25, -0.2) is 0 Å². The molecule has 0 aromatic rings. The third kappa shape index (κ3) is 2.76. The number of Topliss-reactive ketones (excluding diaryl/α,β-unsaturated/α-hetero) is 1. The van der Waals surface area contributed by atoms with E-state index in [0.29, 0.717) is 12.5 Å². The van der Waals surface area contributed by atoms with Crippen LogP contribution in [0.25, 0.3) is 0 Å². The maximum absolute atomic E-state index is 13.0. The average Bonchev–Trinajstić information content (AvgIpc) is 3.08. The van der Waals surface area contributed by atoms with Gasteiger partial charge in [0.25, 0.3) is 0 Å². The second-order valence-electron chi connectivity index (χ2n) is 7.55. The van der Waals surface area contributed by atoms with Crippen molar-refractivity contribution in [1.29, 1.82) is 0 Å². The van der Waals surface area contributed by atoms with E-state index in [2.05, 4.69) is 16.0 Å². The van der Waals surface area contributed by atoms with E-state index >= 15 is 0 Å². The van der Waals surface area contributed by atoms with Gasteiger partial charge < -0.3 is 15.6 Å². The molecule has 0 aromatic heterocycles. The second-order valence-corrected chi connectivity index (χ2v) is 7.55. The van der Waals surface area contributed by atoms with E-state index in [-0.39, 0.29) is 30.5 Å². The van der Waals surface area contributed by atoms with Crippen LogP contribution in [0.4, 0.5) is 0 Å². The highest BCUT2D eigenvalue weighted by Gasteiger charge is 2.52. The Balaban J connectivity index is 1.48. The molecule has 4 rings (SSSR count). The molecule has 3 heterocycles. The average molecular weight is 338 g/mol. The van der Waals surface area contributed by atoms with E-state index < -0.39 is 30.2 Å². The molecule has 7 unspecified atom stereocenters. The van der Waals surface area contributed by atoms with Crippen molar-refractivity contribution >= 4 is 11.8 Å². The number of carbonyl (C=O) groups excluding carboxylic acids is 1. The number of ketones is 1. The topological polar surface area (TPSA) is 126 Å². The van der Waals surface area contributed by atoms with Crippen molar-refractivity contribution < 1.29 is 19.4 Å². The van der Waals surface area contributed by atoms with Gasteiger partial charge in [0.15, 0.2) is 5.78 Å². The summed E-state index contributed by atoms with van der Waals surface area (Å²) in [5.41, 5.74) is 5.89. The number of carboxylic acids is 1. The SMILES string of the molecule is NC1NC2OC3CNC(C4CCCC4)NC3C(=O)C2CC1C(=O)O. The summed E-state index contributed by atoms with van der Waals surface area (Å²) in [7, 11) is 0. The summed E-state index contributed by atoms with van der Waals surface area (Å²) in [5, 5.41) is 19.2. The third-order valence-electron chi connectivity index (χ3n) is 6.12. The Morgan fingerprint density at radius 3 is 2.71 bits per heavy atom. The summed E-state index contributed by atoms with van der Waals surface area (Å²) in [4.78, 5) is 24.3. The molecule has 1 aliphatic carbocycles. The first-order valence-corrected chi connectivity index (χ1v) is 8.97. The fraction of sp³-hybridized carbons (Fsp3) is 0.875. The van der Waals surface area contributed by atoms with Gasteiger partial charge in [0, 0.05) is 6.54 Å². The number of aliphatic carboxylic acids is 1. The van der Waals surface area contributed by atoms with Crippen LogP contribution in [0.3, 0.4) is 0 Å². The van der Waals surface area contributed by atoms with Crippen LogP contribution in [0, 0.1) is 17.8 Å². The molecule has 1 saturated carbocycles. The third-order valence-corrected chi connectivity index (χ3v) is 6.12. The van der Waals surface area contributed by atoms with Crippen LogP contribution in [-0.2, 0) is 14.3 Å². The fourth-order valence-corrected chi connectivity index (χ4v) is 4.74. The highest BCUT2D eigenvalue weighted by atomic mass is 16.5. The standard InChI is InChI=1S/C16H26N4O4/c17-13-9(16(22)23)5-8-12(21)11-10(24-15(8)20-13)6-18-14(19-11)7-3-1-2-4-7/h7-11,13-15,18-20H,1-6,17H2,(H,22,23). The number of carboxylic acid groups (broad SMARTS) is 1. The molecule has 0 bridgehead atoms. The Labute approximate surface area is 140 Å². The minimum Gasteiger partial charge on any atom is -0.481 e. The zero-order chi connectivity index (χ0) is 16.8. The monoisotopic (exact) mass is 338 g/mol. The van der Waals surface area contributed by atoms with Crippen LogP contribution in [-0.4, -0.2) is 54.1 Å². The van der Waals surface area contributed by atoms with Crippen LogP contribution in [0.5, 0.6) is 0 Å². The molecule has 3 aliphatic heterocycles. The Morgan fingerprint density at radius 2 is 2.00 bits per heavy atom. The summed E-state index contributed by atoms with van der Waals surface area (Å²) in [5.74, 6) is -1.57.